The van der Waals surface area contributed by atoms with Gasteiger partial charge in [-0.1, -0.05) is 17.8 Å². The number of imide groups is 1. The van der Waals surface area contributed by atoms with Crippen molar-refractivity contribution in [1.82, 2.24) is 25.4 Å². The third kappa shape index (κ3) is 5.88. The fourth-order valence-electron chi connectivity index (χ4n) is 3.33. The number of thiophene rings is 1. The van der Waals surface area contributed by atoms with Crippen LogP contribution < -0.4 is 15.5 Å². The summed E-state index contributed by atoms with van der Waals surface area (Å²) in [7, 11) is 0. The number of amides is 3. The van der Waals surface area contributed by atoms with Gasteiger partial charge < -0.3 is 14.6 Å². The summed E-state index contributed by atoms with van der Waals surface area (Å²) in [5.41, 5.74) is 0. The highest BCUT2D eigenvalue weighted by molar-refractivity contribution is 7.99. The smallest absolute Gasteiger partial charge is 0.321 e. The fourth-order valence-corrected chi connectivity index (χ4v) is 4.77. The minimum Gasteiger partial charge on any atom is -0.467 e. The molecule has 1 aliphatic heterocycles. The van der Waals surface area contributed by atoms with Crippen LogP contribution in [0.2, 0.25) is 0 Å². The zero-order valence-electron chi connectivity index (χ0n) is 17.0. The van der Waals surface area contributed by atoms with Gasteiger partial charge in [-0.05, 0) is 42.8 Å². The van der Waals surface area contributed by atoms with Crippen molar-refractivity contribution in [3.63, 3.8) is 0 Å². The van der Waals surface area contributed by atoms with Crippen LogP contribution in [0.1, 0.15) is 23.5 Å². The van der Waals surface area contributed by atoms with Crippen molar-refractivity contribution in [3.05, 3.63) is 46.5 Å². The Balaban J connectivity index is 1.30. The number of hydrogen-bond donors (Lipinski definition) is 2. The highest BCUT2D eigenvalue weighted by Gasteiger charge is 2.22. The van der Waals surface area contributed by atoms with Gasteiger partial charge in [0.1, 0.15) is 5.76 Å². The van der Waals surface area contributed by atoms with Gasteiger partial charge in [-0.2, -0.15) is 0 Å². The molecule has 3 amide bonds. The van der Waals surface area contributed by atoms with E-state index < -0.39 is 6.03 Å². The predicted octanol–water partition coefficient (Wildman–Crippen LogP) is 2.74. The molecule has 1 fully saturated rings. The van der Waals surface area contributed by atoms with Crippen molar-refractivity contribution < 1.29 is 14.0 Å². The minimum atomic E-state index is -0.489. The zero-order chi connectivity index (χ0) is 21.5. The summed E-state index contributed by atoms with van der Waals surface area (Å²) in [6.45, 7) is 2.84. The van der Waals surface area contributed by atoms with Crippen LogP contribution >= 0.6 is 23.1 Å². The van der Waals surface area contributed by atoms with E-state index in [1.807, 2.05) is 34.2 Å². The lowest BCUT2D eigenvalue weighted by atomic mass is 10.3. The summed E-state index contributed by atoms with van der Waals surface area (Å²) in [6.07, 6.45) is 4.62. The molecule has 0 saturated carbocycles. The highest BCUT2D eigenvalue weighted by atomic mass is 32.2. The van der Waals surface area contributed by atoms with Crippen LogP contribution in [0.15, 0.2) is 45.5 Å². The van der Waals surface area contributed by atoms with E-state index in [1.54, 1.807) is 17.6 Å². The van der Waals surface area contributed by atoms with E-state index in [9.17, 15) is 9.59 Å². The maximum absolute atomic E-state index is 12.2. The first-order valence-corrected chi connectivity index (χ1v) is 12.0. The van der Waals surface area contributed by atoms with Gasteiger partial charge in [0.25, 0.3) is 0 Å². The number of aromatic nitrogens is 3. The van der Waals surface area contributed by atoms with Gasteiger partial charge in [-0.3, -0.25) is 14.7 Å². The maximum atomic E-state index is 12.2. The molecule has 4 heterocycles. The Labute approximate surface area is 188 Å². The van der Waals surface area contributed by atoms with Gasteiger partial charge >= 0.3 is 6.03 Å². The second kappa shape index (κ2) is 10.5. The first-order valence-electron chi connectivity index (χ1n) is 10.1. The molecule has 0 aliphatic carbocycles. The average molecular weight is 461 g/mol. The lowest BCUT2D eigenvalue weighted by Crippen LogP contribution is -2.41. The topological polar surface area (TPSA) is 105 Å². The number of thioether (sulfide) groups is 1. The molecule has 1 saturated heterocycles. The van der Waals surface area contributed by atoms with E-state index >= 15 is 0 Å². The average Bonchev–Trinajstić information content (AvgIpc) is 3.54. The molecule has 1 aliphatic rings. The molecule has 3 aromatic heterocycles. The minimum absolute atomic E-state index is 0.0641. The summed E-state index contributed by atoms with van der Waals surface area (Å²) in [6, 6.07) is 7.24. The number of anilines is 1. The Morgan fingerprint density at radius 1 is 1.19 bits per heavy atom. The number of carbonyl (C=O) groups excluding carboxylic acids is 2. The number of rotatable bonds is 9. The molecule has 0 unspecified atom stereocenters. The van der Waals surface area contributed by atoms with Gasteiger partial charge in [0.15, 0.2) is 5.16 Å². The summed E-state index contributed by atoms with van der Waals surface area (Å²) in [4.78, 5) is 27.6. The monoisotopic (exact) mass is 460 g/mol. The molecule has 0 spiro atoms. The molecule has 2 N–H and O–H groups in total. The summed E-state index contributed by atoms with van der Waals surface area (Å²) in [5.74, 6) is 1.25. The molecule has 3 aromatic rings. The first kappa shape index (κ1) is 21.4. The molecule has 4 rings (SSSR count). The van der Waals surface area contributed by atoms with Crippen LogP contribution in [0.4, 0.5) is 10.7 Å². The molecule has 0 bridgehead atoms. The first-order chi connectivity index (χ1) is 15.2. The zero-order valence-corrected chi connectivity index (χ0v) is 18.6. The Morgan fingerprint density at radius 2 is 2.06 bits per heavy atom. The molecular weight excluding hydrogens is 436 g/mol. The Morgan fingerprint density at radius 3 is 2.81 bits per heavy atom. The Hall–Kier alpha value is -2.79. The van der Waals surface area contributed by atoms with Crippen molar-refractivity contribution >= 4 is 41.0 Å². The van der Waals surface area contributed by atoms with Crippen LogP contribution in [-0.4, -0.2) is 52.1 Å². The van der Waals surface area contributed by atoms with Crippen molar-refractivity contribution in [2.45, 2.75) is 31.0 Å². The molecule has 11 heteroatoms. The third-order valence-corrected chi connectivity index (χ3v) is 6.71. The van der Waals surface area contributed by atoms with Crippen LogP contribution in [0, 0.1) is 0 Å². The SMILES string of the molecule is O=C(CSc1nnc(N2CCCC2)n1Cc1ccco1)NC(=O)NCCc1cccs1. The van der Waals surface area contributed by atoms with Crippen LogP contribution in [0.25, 0.3) is 0 Å². The third-order valence-electron chi connectivity index (χ3n) is 4.80. The molecule has 0 radical (unpaired) electrons. The van der Waals surface area contributed by atoms with E-state index in [1.165, 1.54) is 16.6 Å². The molecule has 9 nitrogen and oxygen atoms in total. The molecule has 31 heavy (non-hydrogen) atoms. The van der Waals surface area contributed by atoms with Crippen LogP contribution in [-0.2, 0) is 17.8 Å². The lowest BCUT2D eigenvalue weighted by Gasteiger charge is -2.17. The lowest BCUT2D eigenvalue weighted by molar-refractivity contribution is -0.117. The van der Waals surface area contributed by atoms with Crippen LogP contribution in [0.5, 0.6) is 0 Å². The van der Waals surface area contributed by atoms with Crippen molar-refractivity contribution in [3.8, 4) is 0 Å². The van der Waals surface area contributed by atoms with Gasteiger partial charge in [0.2, 0.25) is 11.9 Å². The van der Waals surface area contributed by atoms with Crippen molar-refractivity contribution in [2.24, 2.45) is 0 Å². The van der Waals surface area contributed by atoms with E-state index in [-0.39, 0.29) is 11.7 Å². The molecule has 164 valence electrons. The number of hydrogen-bond acceptors (Lipinski definition) is 8. The van der Waals surface area contributed by atoms with Crippen molar-refractivity contribution in [1.29, 1.82) is 0 Å². The second-order valence-electron chi connectivity index (χ2n) is 7.06. The maximum Gasteiger partial charge on any atom is 0.321 e. The van der Waals surface area contributed by atoms with E-state index in [2.05, 4.69) is 25.7 Å². The quantitative estimate of drug-likeness (QED) is 0.473. The largest absolute Gasteiger partial charge is 0.467 e. The van der Waals surface area contributed by atoms with Gasteiger partial charge in [-0.25, -0.2) is 4.79 Å². The fraction of sp³-hybridized carbons (Fsp3) is 0.400. The second-order valence-corrected chi connectivity index (χ2v) is 9.04. The summed E-state index contributed by atoms with van der Waals surface area (Å²) < 4.78 is 7.45. The Kier molecular flexibility index (Phi) is 7.26. The molecule has 0 atom stereocenters. The number of urea groups is 1. The van der Waals surface area contributed by atoms with Gasteiger partial charge in [0.05, 0.1) is 18.6 Å². The van der Waals surface area contributed by atoms with E-state index in [0.29, 0.717) is 18.2 Å². The van der Waals surface area contributed by atoms with Gasteiger partial charge in [-0.15, -0.1) is 21.5 Å². The number of nitrogens with one attached hydrogen (secondary N) is 2. The Bertz CT molecular complexity index is 981. The normalized spacial score (nSPS) is 13.5. The van der Waals surface area contributed by atoms with E-state index in [4.69, 9.17) is 4.42 Å². The predicted molar refractivity (Wildman–Crippen MR) is 120 cm³/mol. The number of carbonyl (C=O) groups is 2. The summed E-state index contributed by atoms with van der Waals surface area (Å²) in [5, 5.41) is 16.3. The number of furan rings is 1. The molecule has 0 aromatic carbocycles. The standard InChI is InChI=1S/C20H24N6O3S2/c27-17(22-18(28)21-8-7-16-6-4-12-30-16)14-31-20-24-23-19(25-9-1-2-10-25)26(20)13-15-5-3-11-29-15/h3-6,11-12H,1-2,7-10,13-14H2,(H2,21,22,27,28). The van der Waals surface area contributed by atoms with E-state index in [0.717, 1.165) is 44.1 Å². The molecular formula is C20H24N6O3S2. The van der Waals surface area contributed by atoms with Gasteiger partial charge in [0, 0.05) is 24.5 Å². The number of nitrogens with zero attached hydrogens (tertiary/aromatic N) is 4. The summed E-state index contributed by atoms with van der Waals surface area (Å²) >= 11 is 2.89. The van der Waals surface area contributed by atoms with Crippen LogP contribution in [0.3, 0.4) is 0 Å². The van der Waals surface area contributed by atoms with Crippen molar-refractivity contribution in [2.75, 3.05) is 30.3 Å². The highest BCUT2D eigenvalue weighted by Crippen LogP contribution is 2.25.